The molecule has 0 bridgehead atoms. The molecule has 1 aromatic carbocycles. The van der Waals surface area contributed by atoms with Crippen LogP contribution < -0.4 is 10.8 Å². The minimum atomic E-state index is -0.750. The summed E-state index contributed by atoms with van der Waals surface area (Å²) in [6.07, 6.45) is 0. The van der Waals surface area contributed by atoms with Gasteiger partial charge in [-0.3, -0.25) is 4.79 Å². The quantitative estimate of drug-likeness (QED) is 0.852. The average Bonchev–Trinajstić information content (AvgIpc) is 2.52. The van der Waals surface area contributed by atoms with Gasteiger partial charge in [0.1, 0.15) is 5.82 Å². The first kappa shape index (κ1) is 16.0. The molecule has 1 fully saturated rings. The van der Waals surface area contributed by atoms with Crippen molar-refractivity contribution in [1.29, 1.82) is 0 Å². The van der Waals surface area contributed by atoms with Gasteiger partial charge < -0.3 is 14.6 Å². The highest BCUT2D eigenvalue weighted by Gasteiger charge is 2.52. The summed E-state index contributed by atoms with van der Waals surface area (Å²) in [6, 6.07) is 2.96. The SMILES string of the molecule is CC(=O)Nc1cc(F)c(B2OC(C)(C)C(C)(C)O2)cc1C. The number of hydrogen-bond donors (Lipinski definition) is 1. The minimum absolute atomic E-state index is 0.235. The third-order valence-corrected chi connectivity index (χ3v) is 4.16. The maximum atomic E-state index is 14.3. The molecule has 21 heavy (non-hydrogen) atoms. The Morgan fingerprint density at radius 1 is 1.19 bits per heavy atom. The van der Waals surface area contributed by atoms with Crippen LogP contribution in [0.5, 0.6) is 0 Å². The van der Waals surface area contributed by atoms with Gasteiger partial charge >= 0.3 is 7.12 Å². The van der Waals surface area contributed by atoms with Crippen LogP contribution >= 0.6 is 0 Å². The number of carbonyl (C=O) groups is 1. The van der Waals surface area contributed by atoms with Crippen LogP contribution in [-0.2, 0) is 14.1 Å². The largest absolute Gasteiger partial charge is 0.497 e. The highest BCUT2D eigenvalue weighted by molar-refractivity contribution is 6.62. The topological polar surface area (TPSA) is 47.6 Å². The number of amides is 1. The lowest BCUT2D eigenvalue weighted by molar-refractivity contribution is -0.114. The van der Waals surface area contributed by atoms with E-state index in [9.17, 15) is 9.18 Å². The molecular weight excluding hydrogens is 272 g/mol. The maximum absolute atomic E-state index is 14.3. The fourth-order valence-corrected chi connectivity index (χ4v) is 2.18. The highest BCUT2D eigenvalue weighted by atomic mass is 19.1. The average molecular weight is 293 g/mol. The van der Waals surface area contributed by atoms with Crippen LogP contribution in [0.4, 0.5) is 10.1 Å². The monoisotopic (exact) mass is 293 g/mol. The summed E-state index contributed by atoms with van der Waals surface area (Å²) >= 11 is 0. The van der Waals surface area contributed by atoms with Gasteiger partial charge in [0.2, 0.25) is 5.91 Å². The Labute approximate surface area is 125 Å². The normalized spacial score (nSPS) is 19.7. The van der Waals surface area contributed by atoms with E-state index in [-0.39, 0.29) is 5.91 Å². The first-order valence-corrected chi connectivity index (χ1v) is 6.97. The maximum Gasteiger partial charge on any atom is 0.497 e. The zero-order valence-electron chi connectivity index (χ0n) is 13.3. The van der Waals surface area contributed by atoms with Gasteiger partial charge in [-0.2, -0.15) is 0 Å². The Balaban J connectivity index is 2.35. The van der Waals surface area contributed by atoms with Crippen LogP contribution in [0.2, 0.25) is 0 Å². The van der Waals surface area contributed by atoms with E-state index in [1.165, 1.54) is 13.0 Å². The molecule has 0 radical (unpaired) electrons. The van der Waals surface area contributed by atoms with Gasteiger partial charge in [0.15, 0.2) is 0 Å². The van der Waals surface area contributed by atoms with Crippen LogP contribution in [0, 0.1) is 12.7 Å². The summed E-state index contributed by atoms with van der Waals surface area (Å²) < 4.78 is 26.0. The summed E-state index contributed by atoms with van der Waals surface area (Å²) in [6.45, 7) is 10.9. The Bertz CT molecular complexity index is 571. The van der Waals surface area contributed by atoms with Gasteiger partial charge in [-0.15, -0.1) is 0 Å². The molecule has 1 heterocycles. The van der Waals surface area contributed by atoms with E-state index in [1.54, 1.807) is 13.0 Å². The number of aryl methyl sites for hydroxylation is 1. The van der Waals surface area contributed by atoms with Crippen LogP contribution in [0.1, 0.15) is 40.2 Å². The number of hydrogen-bond acceptors (Lipinski definition) is 3. The summed E-state index contributed by atoms with van der Waals surface area (Å²) in [7, 11) is -0.750. The third-order valence-electron chi connectivity index (χ3n) is 4.16. The lowest BCUT2D eigenvalue weighted by atomic mass is 9.77. The van der Waals surface area contributed by atoms with Crippen molar-refractivity contribution in [3.05, 3.63) is 23.5 Å². The number of nitrogens with one attached hydrogen (secondary N) is 1. The number of rotatable bonds is 2. The van der Waals surface area contributed by atoms with Crippen molar-refractivity contribution in [2.24, 2.45) is 0 Å². The second-order valence-electron chi connectivity index (χ2n) is 6.46. The number of carbonyl (C=O) groups excluding carboxylic acids is 1. The lowest BCUT2D eigenvalue weighted by Crippen LogP contribution is -2.41. The predicted octanol–water partition coefficient (Wildman–Crippen LogP) is 2.39. The van der Waals surface area contributed by atoms with Crippen molar-refractivity contribution >= 4 is 24.2 Å². The van der Waals surface area contributed by atoms with E-state index in [1.807, 2.05) is 27.7 Å². The van der Waals surface area contributed by atoms with Gasteiger partial charge in [-0.25, -0.2) is 4.39 Å². The third kappa shape index (κ3) is 2.96. The molecule has 0 spiro atoms. The van der Waals surface area contributed by atoms with Gasteiger partial charge in [0.25, 0.3) is 0 Å². The molecule has 1 aliphatic rings. The van der Waals surface area contributed by atoms with Crippen LogP contribution in [0.3, 0.4) is 0 Å². The van der Waals surface area contributed by atoms with Crippen molar-refractivity contribution in [1.82, 2.24) is 0 Å². The molecule has 1 saturated heterocycles. The van der Waals surface area contributed by atoms with Crippen molar-refractivity contribution in [3.8, 4) is 0 Å². The molecule has 1 aromatic rings. The molecule has 0 unspecified atom stereocenters. The molecule has 1 N–H and O–H groups in total. The lowest BCUT2D eigenvalue weighted by Gasteiger charge is -2.32. The highest BCUT2D eigenvalue weighted by Crippen LogP contribution is 2.36. The number of benzene rings is 1. The second-order valence-corrected chi connectivity index (χ2v) is 6.46. The van der Waals surface area contributed by atoms with E-state index in [4.69, 9.17) is 9.31 Å². The summed E-state index contributed by atoms with van der Waals surface area (Å²) in [4.78, 5) is 11.1. The van der Waals surface area contributed by atoms with Crippen molar-refractivity contribution in [3.63, 3.8) is 0 Å². The fraction of sp³-hybridized carbons (Fsp3) is 0.533. The second kappa shape index (κ2) is 5.11. The van der Waals surface area contributed by atoms with Gasteiger partial charge in [-0.05, 0) is 46.2 Å². The first-order valence-electron chi connectivity index (χ1n) is 6.97. The predicted molar refractivity (Wildman–Crippen MR) is 81.2 cm³/mol. The number of anilines is 1. The molecule has 0 saturated carbocycles. The van der Waals surface area contributed by atoms with Gasteiger partial charge in [0.05, 0.1) is 11.2 Å². The zero-order valence-corrected chi connectivity index (χ0v) is 13.3. The summed E-state index contributed by atoms with van der Waals surface area (Å²) in [5, 5.41) is 2.60. The molecule has 0 aromatic heterocycles. The van der Waals surface area contributed by atoms with Crippen molar-refractivity contribution in [2.75, 3.05) is 5.32 Å². The van der Waals surface area contributed by atoms with E-state index in [0.717, 1.165) is 5.56 Å². The van der Waals surface area contributed by atoms with Crippen LogP contribution in [0.25, 0.3) is 0 Å². The fourth-order valence-electron chi connectivity index (χ4n) is 2.18. The zero-order chi connectivity index (χ0) is 16.0. The Kier molecular flexibility index (Phi) is 3.89. The summed E-state index contributed by atoms with van der Waals surface area (Å²) in [5.41, 5.74) is 0.527. The first-order chi connectivity index (χ1) is 9.53. The van der Waals surface area contributed by atoms with E-state index in [0.29, 0.717) is 11.2 Å². The molecule has 1 amide bonds. The molecule has 4 nitrogen and oxygen atoms in total. The molecule has 2 rings (SSSR count). The van der Waals surface area contributed by atoms with Crippen LogP contribution in [-0.4, -0.2) is 24.2 Å². The van der Waals surface area contributed by atoms with E-state index < -0.39 is 24.1 Å². The van der Waals surface area contributed by atoms with E-state index in [2.05, 4.69) is 5.32 Å². The van der Waals surface area contributed by atoms with Crippen LogP contribution in [0.15, 0.2) is 12.1 Å². The standard InChI is InChI=1S/C15H21BFNO3/c1-9-7-11(12(17)8-13(9)18-10(2)19)16-20-14(3,4)15(5,6)21-16/h7-8H,1-6H3,(H,18,19). The van der Waals surface area contributed by atoms with Gasteiger partial charge in [-0.1, -0.05) is 6.07 Å². The molecule has 1 aliphatic heterocycles. The number of halogens is 1. The molecule has 114 valence electrons. The van der Waals surface area contributed by atoms with E-state index >= 15 is 0 Å². The van der Waals surface area contributed by atoms with Gasteiger partial charge in [0, 0.05) is 18.1 Å². The molecular formula is C15H21BFNO3. The molecule has 6 heteroatoms. The smallest absolute Gasteiger partial charge is 0.399 e. The minimum Gasteiger partial charge on any atom is -0.399 e. The Morgan fingerprint density at radius 2 is 1.71 bits per heavy atom. The molecule has 0 atom stereocenters. The van der Waals surface area contributed by atoms with Crippen molar-refractivity contribution < 1.29 is 18.5 Å². The van der Waals surface area contributed by atoms with Crippen molar-refractivity contribution in [2.45, 2.75) is 52.7 Å². The molecule has 0 aliphatic carbocycles. The Hall–Kier alpha value is -1.40. The Morgan fingerprint density at radius 3 is 2.19 bits per heavy atom. The summed E-state index contributed by atoms with van der Waals surface area (Å²) in [5.74, 6) is -0.691.